The molecule has 14 heavy (non-hydrogen) atoms. The van der Waals surface area contributed by atoms with Gasteiger partial charge in [0, 0.05) is 5.33 Å². The molecule has 0 spiro atoms. The van der Waals surface area contributed by atoms with Gasteiger partial charge in [0.05, 0.1) is 0 Å². The lowest BCUT2D eigenvalue weighted by Crippen LogP contribution is -2.24. The van der Waals surface area contributed by atoms with Crippen LogP contribution in [0.1, 0.15) is 18.1 Å². The molecule has 2 nitrogen and oxygen atoms in total. The van der Waals surface area contributed by atoms with Crippen molar-refractivity contribution in [2.45, 2.75) is 16.6 Å². The maximum Gasteiger partial charge on any atom is 0.324 e. The van der Waals surface area contributed by atoms with E-state index in [0.29, 0.717) is 0 Å². The van der Waals surface area contributed by atoms with E-state index in [-0.39, 0.29) is 0 Å². The summed E-state index contributed by atoms with van der Waals surface area (Å²) in [6.07, 6.45) is 0. The number of aliphatic carboxylic acids is 1. The molecule has 1 N–H and O–H groups in total. The van der Waals surface area contributed by atoms with Gasteiger partial charge in [0.25, 0.3) is 0 Å². The Morgan fingerprint density at radius 3 is 2.29 bits per heavy atom. The zero-order chi connectivity index (χ0) is 10.8. The summed E-state index contributed by atoms with van der Waals surface area (Å²) >= 11 is 6.52. The number of hydrogen-bond donors (Lipinski definition) is 1. The second-order valence-corrected chi connectivity index (χ2v) is 5.29. The van der Waals surface area contributed by atoms with Crippen molar-refractivity contribution in [2.24, 2.45) is 0 Å². The van der Waals surface area contributed by atoms with Gasteiger partial charge >= 0.3 is 5.97 Å². The van der Waals surface area contributed by atoms with E-state index in [1.165, 1.54) is 0 Å². The largest absolute Gasteiger partial charge is 0.480 e. The first-order valence-electron chi connectivity index (χ1n) is 4.06. The van der Waals surface area contributed by atoms with E-state index in [1.807, 2.05) is 24.3 Å². The Morgan fingerprint density at radius 1 is 1.43 bits per heavy atom. The number of carboxylic acids is 1. The third kappa shape index (κ3) is 2.36. The molecule has 76 valence electrons. The zero-order valence-electron chi connectivity index (χ0n) is 7.63. The third-order valence-electron chi connectivity index (χ3n) is 2.05. The quantitative estimate of drug-likeness (QED) is 0.867. The number of carboxylic acid groups (broad SMARTS) is 1. The fourth-order valence-electron chi connectivity index (χ4n) is 1.03. The van der Waals surface area contributed by atoms with Gasteiger partial charge in [-0.3, -0.25) is 4.79 Å². The Kier molecular flexibility index (Phi) is 3.72. The van der Waals surface area contributed by atoms with Crippen molar-refractivity contribution >= 4 is 37.8 Å². The molecule has 0 aromatic heterocycles. The molecule has 0 aliphatic rings. The standard InChI is InChI=1S/C10H10Br2O2/c1-10(12,9(13)14)8-4-2-7(6-11)3-5-8/h2-5H,6H2,1H3,(H,13,14). The van der Waals surface area contributed by atoms with Crippen LogP contribution in [-0.2, 0) is 14.4 Å². The fraction of sp³-hybridized carbons (Fsp3) is 0.300. The number of rotatable bonds is 3. The van der Waals surface area contributed by atoms with Crippen LogP contribution in [0.2, 0.25) is 0 Å². The predicted octanol–water partition coefficient (Wildman–Crippen LogP) is 3.28. The maximum absolute atomic E-state index is 10.9. The molecule has 0 aliphatic heterocycles. The van der Waals surface area contributed by atoms with E-state index in [2.05, 4.69) is 31.9 Å². The number of benzene rings is 1. The van der Waals surface area contributed by atoms with Gasteiger partial charge in [-0.1, -0.05) is 56.1 Å². The van der Waals surface area contributed by atoms with E-state index >= 15 is 0 Å². The molecule has 0 fully saturated rings. The molecule has 0 bridgehead atoms. The van der Waals surface area contributed by atoms with Gasteiger partial charge in [-0.05, 0) is 18.1 Å². The summed E-state index contributed by atoms with van der Waals surface area (Å²) in [5, 5.41) is 9.74. The highest BCUT2D eigenvalue weighted by Crippen LogP contribution is 2.31. The Balaban J connectivity index is 3.02. The smallest absolute Gasteiger partial charge is 0.324 e. The van der Waals surface area contributed by atoms with Gasteiger partial charge in [0.2, 0.25) is 0 Å². The van der Waals surface area contributed by atoms with Crippen LogP contribution in [0.15, 0.2) is 24.3 Å². The minimum Gasteiger partial charge on any atom is -0.480 e. The molecular weight excluding hydrogens is 312 g/mol. The van der Waals surface area contributed by atoms with Gasteiger partial charge in [-0.2, -0.15) is 0 Å². The van der Waals surface area contributed by atoms with E-state index < -0.39 is 10.3 Å². The zero-order valence-corrected chi connectivity index (χ0v) is 10.8. The molecule has 1 aromatic carbocycles. The van der Waals surface area contributed by atoms with Crippen LogP contribution in [0, 0.1) is 0 Å². The average molecular weight is 322 g/mol. The lowest BCUT2D eigenvalue weighted by Gasteiger charge is -2.17. The average Bonchev–Trinajstić information content (AvgIpc) is 2.17. The Bertz CT molecular complexity index is 330. The molecule has 1 unspecified atom stereocenters. The molecule has 0 amide bonds. The Labute approximate surface area is 99.6 Å². The summed E-state index contributed by atoms with van der Waals surface area (Å²) < 4.78 is -1.00. The van der Waals surface area contributed by atoms with Crippen molar-refractivity contribution in [1.82, 2.24) is 0 Å². The molecule has 1 atom stereocenters. The number of alkyl halides is 2. The van der Waals surface area contributed by atoms with Crippen LogP contribution in [0.25, 0.3) is 0 Å². The van der Waals surface area contributed by atoms with E-state index in [0.717, 1.165) is 16.5 Å². The monoisotopic (exact) mass is 320 g/mol. The van der Waals surface area contributed by atoms with Crippen LogP contribution >= 0.6 is 31.9 Å². The Hall–Kier alpha value is -0.350. The Morgan fingerprint density at radius 2 is 1.93 bits per heavy atom. The highest BCUT2D eigenvalue weighted by molar-refractivity contribution is 9.10. The lowest BCUT2D eigenvalue weighted by atomic mass is 10.0. The normalized spacial score (nSPS) is 14.8. The van der Waals surface area contributed by atoms with Crippen LogP contribution < -0.4 is 0 Å². The van der Waals surface area contributed by atoms with Gasteiger partial charge < -0.3 is 5.11 Å². The summed E-state index contributed by atoms with van der Waals surface area (Å²) in [4.78, 5) is 10.9. The number of hydrogen-bond acceptors (Lipinski definition) is 1. The first-order chi connectivity index (χ1) is 6.48. The molecule has 0 saturated carbocycles. The van der Waals surface area contributed by atoms with Crippen molar-refractivity contribution in [1.29, 1.82) is 0 Å². The van der Waals surface area contributed by atoms with Gasteiger partial charge in [0.1, 0.15) is 4.32 Å². The third-order valence-corrected chi connectivity index (χ3v) is 3.50. The van der Waals surface area contributed by atoms with Gasteiger partial charge in [-0.15, -0.1) is 0 Å². The van der Waals surface area contributed by atoms with Crippen molar-refractivity contribution in [2.75, 3.05) is 0 Å². The number of halogens is 2. The minimum absolute atomic E-state index is 0.745. The molecule has 0 radical (unpaired) electrons. The van der Waals surface area contributed by atoms with Crippen molar-refractivity contribution < 1.29 is 9.90 Å². The van der Waals surface area contributed by atoms with Gasteiger partial charge in [-0.25, -0.2) is 0 Å². The second kappa shape index (κ2) is 4.45. The lowest BCUT2D eigenvalue weighted by molar-refractivity contribution is -0.139. The molecular formula is C10H10Br2O2. The maximum atomic E-state index is 10.9. The summed E-state index contributed by atoms with van der Waals surface area (Å²) in [7, 11) is 0. The molecule has 4 heteroatoms. The van der Waals surface area contributed by atoms with Crippen LogP contribution in [-0.4, -0.2) is 11.1 Å². The summed E-state index contributed by atoms with van der Waals surface area (Å²) in [6.45, 7) is 1.62. The summed E-state index contributed by atoms with van der Waals surface area (Å²) in [6, 6.07) is 7.46. The van der Waals surface area contributed by atoms with E-state index in [9.17, 15) is 4.79 Å². The van der Waals surface area contributed by atoms with Crippen molar-refractivity contribution in [3.63, 3.8) is 0 Å². The van der Waals surface area contributed by atoms with Crippen LogP contribution in [0.4, 0.5) is 0 Å². The molecule has 1 aromatic rings. The molecule has 0 saturated heterocycles. The summed E-state index contributed by atoms with van der Waals surface area (Å²) in [5.41, 5.74) is 1.87. The number of carbonyl (C=O) groups is 1. The van der Waals surface area contributed by atoms with Crippen molar-refractivity contribution in [3.8, 4) is 0 Å². The molecule has 0 aliphatic carbocycles. The second-order valence-electron chi connectivity index (χ2n) is 3.14. The van der Waals surface area contributed by atoms with E-state index in [1.54, 1.807) is 6.92 Å². The topological polar surface area (TPSA) is 37.3 Å². The predicted molar refractivity (Wildman–Crippen MR) is 63.0 cm³/mol. The SMILES string of the molecule is CC(Br)(C(=O)O)c1ccc(CBr)cc1. The first kappa shape index (κ1) is 11.7. The van der Waals surface area contributed by atoms with Crippen molar-refractivity contribution in [3.05, 3.63) is 35.4 Å². The van der Waals surface area contributed by atoms with Crippen LogP contribution in [0.5, 0.6) is 0 Å². The van der Waals surface area contributed by atoms with Crippen LogP contribution in [0.3, 0.4) is 0 Å². The highest BCUT2D eigenvalue weighted by Gasteiger charge is 2.31. The molecule has 1 rings (SSSR count). The highest BCUT2D eigenvalue weighted by atomic mass is 79.9. The first-order valence-corrected chi connectivity index (χ1v) is 5.97. The minimum atomic E-state index is -1.00. The van der Waals surface area contributed by atoms with Gasteiger partial charge in [0.15, 0.2) is 0 Å². The fourth-order valence-corrected chi connectivity index (χ4v) is 1.67. The summed E-state index contributed by atoms with van der Waals surface area (Å²) in [5.74, 6) is -0.885. The molecule has 0 heterocycles. The van der Waals surface area contributed by atoms with E-state index in [4.69, 9.17) is 5.11 Å².